The number of rotatable bonds is 6. The maximum absolute atomic E-state index is 9.65. The fraction of sp³-hybridized carbons (Fsp3) is 0.600. The minimum atomic E-state index is -0.359. The molecule has 120 valence electrons. The van der Waals surface area contributed by atoms with Crippen LogP contribution < -0.4 is 5.32 Å². The van der Waals surface area contributed by atoms with Crippen LogP contribution in [0.2, 0.25) is 0 Å². The molecule has 0 bridgehead atoms. The van der Waals surface area contributed by atoms with E-state index < -0.39 is 0 Å². The molecule has 0 saturated heterocycles. The molecule has 2 aromatic rings. The van der Waals surface area contributed by atoms with E-state index in [1.165, 1.54) is 0 Å². The van der Waals surface area contributed by atoms with Crippen molar-refractivity contribution < 1.29 is 5.11 Å². The Balaban J connectivity index is 2.33. The van der Waals surface area contributed by atoms with Gasteiger partial charge < -0.3 is 15.0 Å². The minimum Gasteiger partial charge on any atom is -0.394 e. The van der Waals surface area contributed by atoms with Gasteiger partial charge >= 0.3 is 0 Å². The molecule has 0 fully saturated rings. The molecule has 2 N–H and O–H groups in total. The van der Waals surface area contributed by atoms with Gasteiger partial charge in [-0.2, -0.15) is 0 Å². The summed E-state index contributed by atoms with van der Waals surface area (Å²) >= 11 is 0. The van der Waals surface area contributed by atoms with Crippen LogP contribution in [0.1, 0.15) is 62.9 Å². The van der Waals surface area contributed by atoms with Gasteiger partial charge in [-0.25, -0.2) is 9.97 Å². The predicted molar refractivity (Wildman–Crippen MR) is 84.7 cm³/mol. The van der Waals surface area contributed by atoms with Gasteiger partial charge in [0.15, 0.2) is 5.82 Å². The fourth-order valence-corrected chi connectivity index (χ4v) is 2.09. The lowest BCUT2D eigenvalue weighted by Gasteiger charge is -2.18. The molecule has 0 aromatic carbocycles. The number of aryl methyl sites for hydroxylation is 1. The molecule has 0 spiro atoms. The largest absolute Gasteiger partial charge is 0.394 e. The average Bonchev–Trinajstić information content (AvgIpc) is 2.90. The number of aromatic nitrogens is 5. The van der Waals surface area contributed by atoms with E-state index in [0.717, 1.165) is 11.5 Å². The zero-order chi connectivity index (χ0) is 16.3. The van der Waals surface area contributed by atoms with Crippen molar-refractivity contribution in [1.82, 2.24) is 24.7 Å². The van der Waals surface area contributed by atoms with Gasteiger partial charge in [-0.05, 0) is 5.92 Å². The molecular weight excluding hydrogens is 280 g/mol. The summed E-state index contributed by atoms with van der Waals surface area (Å²) in [6.45, 7) is 8.24. The quantitative estimate of drug-likeness (QED) is 0.848. The second kappa shape index (κ2) is 6.83. The summed E-state index contributed by atoms with van der Waals surface area (Å²) in [5.41, 5.74) is 0.982. The van der Waals surface area contributed by atoms with Gasteiger partial charge in [0.1, 0.15) is 24.0 Å². The Hall–Kier alpha value is -2.02. The molecule has 0 aliphatic carbocycles. The Morgan fingerprint density at radius 3 is 2.41 bits per heavy atom. The molecule has 1 unspecified atom stereocenters. The van der Waals surface area contributed by atoms with Crippen LogP contribution in [-0.4, -0.2) is 36.4 Å². The van der Waals surface area contributed by atoms with Crippen molar-refractivity contribution in [2.24, 2.45) is 7.05 Å². The Morgan fingerprint density at radius 2 is 1.91 bits per heavy atom. The first-order chi connectivity index (χ1) is 10.4. The third-order valence-electron chi connectivity index (χ3n) is 3.43. The molecule has 0 amide bonds. The van der Waals surface area contributed by atoms with Crippen molar-refractivity contribution in [3.63, 3.8) is 0 Å². The lowest BCUT2D eigenvalue weighted by Crippen LogP contribution is -2.20. The zero-order valence-electron chi connectivity index (χ0n) is 13.8. The maximum atomic E-state index is 9.65. The number of nitrogens with one attached hydrogen (secondary N) is 1. The van der Waals surface area contributed by atoms with Crippen molar-refractivity contribution in [2.45, 2.75) is 45.6 Å². The number of anilines is 1. The molecule has 7 heteroatoms. The molecule has 2 heterocycles. The van der Waals surface area contributed by atoms with E-state index in [-0.39, 0.29) is 18.6 Å². The second-order valence-corrected chi connectivity index (χ2v) is 6.03. The van der Waals surface area contributed by atoms with E-state index in [1.54, 1.807) is 10.9 Å². The van der Waals surface area contributed by atoms with Gasteiger partial charge in [0.25, 0.3) is 0 Å². The molecule has 0 saturated carbocycles. The summed E-state index contributed by atoms with van der Waals surface area (Å²) < 4.78 is 1.78. The fourth-order valence-electron chi connectivity index (χ4n) is 2.09. The van der Waals surface area contributed by atoms with Gasteiger partial charge in [0.2, 0.25) is 0 Å². The highest BCUT2D eigenvalue weighted by molar-refractivity contribution is 5.39. The van der Waals surface area contributed by atoms with Crippen LogP contribution in [0.25, 0.3) is 0 Å². The van der Waals surface area contributed by atoms with Crippen molar-refractivity contribution in [1.29, 1.82) is 0 Å². The summed E-state index contributed by atoms with van der Waals surface area (Å²) in [5.74, 6) is 2.70. The van der Waals surface area contributed by atoms with Gasteiger partial charge in [-0.1, -0.05) is 27.7 Å². The SMILES string of the molecule is CC(C)c1cc(NC(CO)c2nncn2C)nc(C(C)C)n1. The number of hydrogen-bond donors (Lipinski definition) is 2. The first-order valence-electron chi connectivity index (χ1n) is 7.52. The first kappa shape index (κ1) is 16.4. The summed E-state index contributed by atoms with van der Waals surface area (Å²) in [5, 5.41) is 20.8. The maximum Gasteiger partial charge on any atom is 0.157 e. The third kappa shape index (κ3) is 3.59. The second-order valence-electron chi connectivity index (χ2n) is 6.03. The van der Waals surface area contributed by atoms with Gasteiger partial charge in [-0.15, -0.1) is 10.2 Å². The molecule has 22 heavy (non-hydrogen) atoms. The van der Waals surface area contributed by atoms with Crippen LogP contribution in [0.5, 0.6) is 0 Å². The topological polar surface area (TPSA) is 88.8 Å². The first-order valence-corrected chi connectivity index (χ1v) is 7.52. The van der Waals surface area contributed by atoms with Crippen molar-refractivity contribution in [2.75, 3.05) is 11.9 Å². The van der Waals surface area contributed by atoms with E-state index in [0.29, 0.717) is 17.6 Å². The van der Waals surface area contributed by atoms with E-state index >= 15 is 0 Å². The van der Waals surface area contributed by atoms with Crippen LogP contribution in [0, 0.1) is 0 Å². The zero-order valence-corrected chi connectivity index (χ0v) is 13.8. The van der Waals surface area contributed by atoms with Crippen molar-refractivity contribution in [3.05, 3.63) is 29.7 Å². The molecule has 0 aliphatic rings. The van der Waals surface area contributed by atoms with Crippen LogP contribution in [0.4, 0.5) is 5.82 Å². The molecule has 1 atom stereocenters. The smallest absolute Gasteiger partial charge is 0.157 e. The van der Waals surface area contributed by atoms with Gasteiger partial charge in [-0.3, -0.25) is 0 Å². The Morgan fingerprint density at radius 1 is 1.18 bits per heavy atom. The molecule has 2 rings (SSSR count). The number of nitrogens with zero attached hydrogens (tertiary/aromatic N) is 5. The highest BCUT2D eigenvalue weighted by Gasteiger charge is 2.18. The van der Waals surface area contributed by atoms with E-state index in [9.17, 15) is 5.11 Å². The van der Waals surface area contributed by atoms with Gasteiger partial charge in [0.05, 0.1) is 6.61 Å². The monoisotopic (exact) mass is 304 g/mol. The third-order valence-corrected chi connectivity index (χ3v) is 3.43. The molecule has 0 radical (unpaired) electrons. The van der Waals surface area contributed by atoms with E-state index in [2.05, 4.69) is 53.2 Å². The van der Waals surface area contributed by atoms with E-state index in [1.807, 2.05) is 13.1 Å². The molecular formula is C15H24N6O. The van der Waals surface area contributed by atoms with Crippen molar-refractivity contribution in [3.8, 4) is 0 Å². The normalized spacial score (nSPS) is 12.9. The molecule has 0 aliphatic heterocycles. The number of hydrogen-bond acceptors (Lipinski definition) is 6. The lowest BCUT2D eigenvalue weighted by molar-refractivity contribution is 0.270. The number of aliphatic hydroxyl groups is 1. The Bertz CT molecular complexity index is 596. The predicted octanol–water partition coefficient (Wildman–Crippen LogP) is 2.00. The Kier molecular flexibility index (Phi) is 5.07. The van der Waals surface area contributed by atoms with Crippen LogP contribution >= 0.6 is 0 Å². The highest BCUT2D eigenvalue weighted by atomic mass is 16.3. The van der Waals surface area contributed by atoms with Crippen LogP contribution in [0.15, 0.2) is 12.4 Å². The molecule has 7 nitrogen and oxygen atoms in total. The average molecular weight is 304 g/mol. The highest BCUT2D eigenvalue weighted by Crippen LogP contribution is 2.22. The van der Waals surface area contributed by atoms with Gasteiger partial charge in [0, 0.05) is 24.7 Å². The van der Waals surface area contributed by atoms with Crippen LogP contribution in [-0.2, 0) is 7.05 Å². The lowest BCUT2D eigenvalue weighted by atomic mass is 10.1. The summed E-state index contributed by atoms with van der Waals surface area (Å²) in [6.07, 6.45) is 1.61. The van der Waals surface area contributed by atoms with E-state index in [4.69, 9.17) is 0 Å². The number of aliphatic hydroxyl groups excluding tert-OH is 1. The summed E-state index contributed by atoms with van der Waals surface area (Å²) in [4.78, 5) is 9.15. The molecule has 2 aromatic heterocycles. The minimum absolute atomic E-state index is 0.0927. The standard InChI is InChI=1S/C15H24N6O/c1-9(2)11-6-13(19-14(18-11)10(3)4)17-12(7-22)15-20-16-8-21(15)5/h6,8-10,12,22H,7H2,1-5H3,(H,17,18,19). The summed E-state index contributed by atoms with van der Waals surface area (Å²) in [7, 11) is 1.85. The van der Waals surface area contributed by atoms with Crippen LogP contribution in [0.3, 0.4) is 0 Å². The summed E-state index contributed by atoms with van der Waals surface area (Å²) in [6, 6.07) is 1.57. The Labute approximate surface area is 130 Å². The van der Waals surface area contributed by atoms with Crippen molar-refractivity contribution >= 4 is 5.82 Å².